The molecule has 0 fully saturated rings. The van der Waals surface area contributed by atoms with Gasteiger partial charge in [-0.15, -0.1) is 0 Å². The van der Waals surface area contributed by atoms with Gasteiger partial charge in [0.15, 0.2) is 0 Å². The van der Waals surface area contributed by atoms with Crippen LogP contribution < -0.4 is 20.7 Å². The second kappa shape index (κ2) is 10.6. The number of hydrogen-bond donors (Lipinski definition) is 3. The van der Waals surface area contributed by atoms with E-state index in [1.807, 2.05) is 6.92 Å². The Balaban J connectivity index is 2.23. The maximum Gasteiger partial charge on any atom is 0.243 e. The molecule has 122 valence electrons. The Bertz CT molecular complexity index is 462. The molecule has 0 aliphatic heterocycles. The third-order valence-corrected chi connectivity index (χ3v) is 2.66. The van der Waals surface area contributed by atoms with Crippen molar-refractivity contribution in [2.24, 2.45) is 0 Å². The molecule has 0 heterocycles. The van der Waals surface area contributed by atoms with Gasteiger partial charge in [0, 0.05) is 19.3 Å². The van der Waals surface area contributed by atoms with Crippen LogP contribution in [0.4, 0.5) is 5.69 Å². The normalized spacial score (nSPS) is 10.1. The molecule has 0 aromatic heterocycles. The fraction of sp³-hybridized carbons (Fsp3) is 0.467. The van der Waals surface area contributed by atoms with Crippen LogP contribution >= 0.6 is 0 Å². The van der Waals surface area contributed by atoms with Gasteiger partial charge in [0.2, 0.25) is 11.8 Å². The largest absolute Gasteiger partial charge is 0.494 e. The summed E-state index contributed by atoms with van der Waals surface area (Å²) in [4.78, 5) is 23.2. The Morgan fingerprint density at radius 1 is 1.09 bits per heavy atom. The number of carbonyl (C=O) groups excluding carboxylic acids is 2. The lowest BCUT2D eigenvalue weighted by Crippen LogP contribution is -2.39. The van der Waals surface area contributed by atoms with E-state index in [0.717, 1.165) is 5.75 Å². The molecular weight excluding hydrogens is 286 g/mol. The molecule has 0 aliphatic rings. The molecule has 0 spiro atoms. The first-order valence-corrected chi connectivity index (χ1v) is 7.14. The molecule has 0 aliphatic carbocycles. The lowest BCUT2D eigenvalue weighted by Gasteiger charge is -2.08. The number of methoxy groups -OCH3 is 1. The summed E-state index contributed by atoms with van der Waals surface area (Å²) in [6.07, 6.45) is 0. The van der Waals surface area contributed by atoms with Crippen molar-refractivity contribution in [2.45, 2.75) is 6.92 Å². The molecule has 3 N–H and O–H groups in total. The number of rotatable bonds is 10. The van der Waals surface area contributed by atoms with E-state index in [1.54, 1.807) is 31.4 Å². The molecule has 2 amide bonds. The van der Waals surface area contributed by atoms with Gasteiger partial charge in [-0.1, -0.05) is 0 Å². The lowest BCUT2D eigenvalue weighted by atomic mass is 10.3. The third kappa shape index (κ3) is 7.61. The van der Waals surface area contributed by atoms with Gasteiger partial charge in [0.25, 0.3) is 0 Å². The van der Waals surface area contributed by atoms with Gasteiger partial charge in [-0.05, 0) is 31.2 Å². The van der Waals surface area contributed by atoms with E-state index < -0.39 is 0 Å². The van der Waals surface area contributed by atoms with Gasteiger partial charge in [-0.25, -0.2) is 0 Å². The van der Waals surface area contributed by atoms with E-state index in [4.69, 9.17) is 9.47 Å². The van der Waals surface area contributed by atoms with Crippen molar-refractivity contribution >= 4 is 17.5 Å². The van der Waals surface area contributed by atoms with Crippen LogP contribution in [0.25, 0.3) is 0 Å². The van der Waals surface area contributed by atoms with E-state index in [2.05, 4.69) is 16.0 Å². The second-order valence-electron chi connectivity index (χ2n) is 4.45. The lowest BCUT2D eigenvalue weighted by molar-refractivity contribution is -0.123. The SMILES string of the molecule is CCOc1ccc(NC(=O)CNC(=O)CNCCOC)cc1. The van der Waals surface area contributed by atoms with Crippen LogP contribution in [0.5, 0.6) is 5.75 Å². The third-order valence-electron chi connectivity index (χ3n) is 2.66. The molecule has 0 bridgehead atoms. The van der Waals surface area contributed by atoms with Crippen molar-refractivity contribution in [3.63, 3.8) is 0 Å². The van der Waals surface area contributed by atoms with E-state index in [-0.39, 0.29) is 24.9 Å². The summed E-state index contributed by atoms with van der Waals surface area (Å²) in [6.45, 7) is 3.70. The Hall–Kier alpha value is -2.12. The van der Waals surface area contributed by atoms with Crippen LogP contribution in [-0.2, 0) is 14.3 Å². The minimum atomic E-state index is -0.283. The number of carbonyl (C=O) groups is 2. The standard InChI is InChI=1S/C15H23N3O4/c1-3-22-13-6-4-12(5-7-13)18-15(20)11-17-14(19)10-16-8-9-21-2/h4-7,16H,3,8-11H2,1-2H3,(H,17,19)(H,18,20). The Kier molecular flexibility index (Phi) is 8.63. The zero-order chi connectivity index (χ0) is 16.2. The molecule has 0 unspecified atom stereocenters. The van der Waals surface area contributed by atoms with E-state index >= 15 is 0 Å². The minimum absolute atomic E-state index is 0.0714. The Morgan fingerprint density at radius 2 is 1.82 bits per heavy atom. The highest BCUT2D eigenvalue weighted by Crippen LogP contribution is 2.15. The monoisotopic (exact) mass is 309 g/mol. The highest BCUT2D eigenvalue weighted by atomic mass is 16.5. The summed E-state index contributed by atoms with van der Waals surface area (Å²) < 4.78 is 10.2. The van der Waals surface area contributed by atoms with Gasteiger partial charge in [0.05, 0.1) is 26.3 Å². The zero-order valence-electron chi connectivity index (χ0n) is 13.0. The number of amides is 2. The number of benzene rings is 1. The number of hydrogen-bond acceptors (Lipinski definition) is 5. The van der Waals surface area contributed by atoms with Crippen LogP contribution in [-0.4, -0.2) is 51.8 Å². The molecule has 0 radical (unpaired) electrons. The van der Waals surface area contributed by atoms with Gasteiger partial charge in [-0.2, -0.15) is 0 Å². The molecule has 7 heteroatoms. The quantitative estimate of drug-likeness (QED) is 0.544. The molecule has 1 aromatic carbocycles. The van der Waals surface area contributed by atoms with Crippen LogP contribution in [0.1, 0.15) is 6.92 Å². The first-order valence-electron chi connectivity index (χ1n) is 7.14. The molecule has 1 rings (SSSR count). The molecule has 0 saturated heterocycles. The minimum Gasteiger partial charge on any atom is -0.494 e. The van der Waals surface area contributed by atoms with Crippen LogP contribution in [0.2, 0.25) is 0 Å². The number of anilines is 1. The topological polar surface area (TPSA) is 88.7 Å². The predicted octanol–water partition coefficient (Wildman–Crippen LogP) is 0.376. The molecular formula is C15H23N3O4. The average Bonchev–Trinajstić information content (AvgIpc) is 2.52. The van der Waals surface area contributed by atoms with Gasteiger partial charge in [-0.3, -0.25) is 9.59 Å². The van der Waals surface area contributed by atoms with Crippen molar-refractivity contribution in [3.8, 4) is 5.75 Å². The molecule has 0 atom stereocenters. The fourth-order valence-electron chi connectivity index (χ4n) is 1.62. The Labute approximate surface area is 130 Å². The number of nitrogens with one attached hydrogen (secondary N) is 3. The second-order valence-corrected chi connectivity index (χ2v) is 4.45. The summed E-state index contributed by atoms with van der Waals surface area (Å²) in [5, 5.41) is 8.12. The van der Waals surface area contributed by atoms with Crippen molar-refractivity contribution in [1.82, 2.24) is 10.6 Å². The van der Waals surface area contributed by atoms with E-state index in [9.17, 15) is 9.59 Å². The maximum atomic E-state index is 11.7. The van der Waals surface area contributed by atoms with Crippen LogP contribution in [0.3, 0.4) is 0 Å². The summed E-state index contributed by atoms with van der Waals surface area (Å²) in [5.41, 5.74) is 0.654. The van der Waals surface area contributed by atoms with Crippen molar-refractivity contribution in [2.75, 3.05) is 45.3 Å². The Morgan fingerprint density at radius 3 is 2.45 bits per heavy atom. The summed E-state index contributed by atoms with van der Waals surface area (Å²) >= 11 is 0. The van der Waals surface area contributed by atoms with Crippen LogP contribution in [0, 0.1) is 0 Å². The van der Waals surface area contributed by atoms with Crippen molar-refractivity contribution < 1.29 is 19.1 Å². The van der Waals surface area contributed by atoms with Crippen molar-refractivity contribution in [3.05, 3.63) is 24.3 Å². The van der Waals surface area contributed by atoms with E-state index in [0.29, 0.717) is 25.4 Å². The summed E-state index contributed by atoms with van der Waals surface area (Å²) in [6, 6.07) is 7.04. The summed E-state index contributed by atoms with van der Waals surface area (Å²) in [5.74, 6) is 0.225. The zero-order valence-corrected chi connectivity index (χ0v) is 13.0. The smallest absolute Gasteiger partial charge is 0.243 e. The van der Waals surface area contributed by atoms with E-state index in [1.165, 1.54) is 0 Å². The number of ether oxygens (including phenoxy) is 2. The molecule has 1 aromatic rings. The fourth-order valence-corrected chi connectivity index (χ4v) is 1.62. The average molecular weight is 309 g/mol. The first kappa shape index (κ1) is 17.9. The molecule has 7 nitrogen and oxygen atoms in total. The molecule has 22 heavy (non-hydrogen) atoms. The van der Waals surface area contributed by atoms with Crippen LogP contribution in [0.15, 0.2) is 24.3 Å². The van der Waals surface area contributed by atoms with Crippen molar-refractivity contribution in [1.29, 1.82) is 0 Å². The van der Waals surface area contributed by atoms with Gasteiger partial charge >= 0.3 is 0 Å². The molecule has 0 saturated carbocycles. The highest BCUT2D eigenvalue weighted by Gasteiger charge is 2.05. The highest BCUT2D eigenvalue weighted by molar-refractivity contribution is 5.94. The summed E-state index contributed by atoms with van der Waals surface area (Å²) in [7, 11) is 1.59. The predicted molar refractivity (Wildman–Crippen MR) is 84.0 cm³/mol. The van der Waals surface area contributed by atoms with Gasteiger partial charge < -0.3 is 25.4 Å². The van der Waals surface area contributed by atoms with Gasteiger partial charge in [0.1, 0.15) is 5.75 Å². The maximum absolute atomic E-state index is 11.7. The first-order chi connectivity index (χ1) is 10.7.